The molecular formula is C112H70N4. The van der Waals surface area contributed by atoms with Gasteiger partial charge in [-0.15, -0.1) is 0 Å². The molecule has 25 aromatic rings. The van der Waals surface area contributed by atoms with Gasteiger partial charge in [0.2, 0.25) is 0 Å². The lowest BCUT2D eigenvalue weighted by atomic mass is 9.93. The minimum atomic E-state index is 1.15. The van der Waals surface area contributed by atoms with Gasteiger partial charge in [-0.05, 0) is 224 Å². The Kier molecular flexibility index (Phi) is 14.7. The van der Waals surface area contributed by atoms with Crippen molar-refractivity contribution in [2.75, 3.05) is 0 Å². The topological polar surface area (TPSA) is 19.7 Å². The molecule has 21 aromatic carbocycles. The van der Waals surface area contributed by atoms with Crippen LogP contribution < -0.4 is 0 Å². The maximum absolute atomic E-state index is 2.47. The minimum absolute atomic E-state index is 1.15. The Hall–Kier alpha value is -15.4. The summed E-state index contributed by atoms with van der Waals surface area (Å²) in [5.41, 5.74) is 24.2. The van der Waals surface area contributed by atoms with Crippen LogP contribution in [0.25, 0.3) is 230 Å². The van der Waals surface area contributed by atoms with Crippen molar-refractivity contribution >= 4 is 163 Å². The molecule has 0 bridgehead atoms. The summed E-state index contributed by atoms with van der Waals surface area (Å²) >= 11 is 0. The Morgan fingerprint density at radius 1 is 0.121 bits per heavy atom. The molecule has 0 aliphatic carbocycles. The molecule has 116 heavy (non-hydrogen) atoms. The van der Waals surface area contributed by atoms with E-state index in [1.807, 2.05) is 0 Å². The predicted octanol–water partition coefficient (Wildman–Crippen LogP) is 30.5. The monoisotopic (exact) mass is 1470 g/mol. The van der Waals surface area contributed by atoms with E-state index in [-0.39, 0.29) is 0 Å². The summed E-state index contributed by atoms with van der Waals surface area (Å²) in [6.45, 7) is 0. The molecule has 0 spiro atoms. The Morgan fingerprint density at radius 3 is 0.776 bits per heavy atom. The van der Waals surface area contributed by atoms with Crippen LogP contribution in [0.1, 0.15) is 0 Å². The average molecular weight is 1470 g/mol. The van der Waals surface area contributed by atoms with E-state index in [2.05, 4.69) is 443 Å². The second kappa shape index (κ2) is 26.1. The molecule has 0 N–H and O–H groups in total. The molecule has 0 amide bonds. The quantitative estimate of drug-likeness (QED) is 0.135. The number of hydrogen-bond acceptors (Lipinski definition) is 0. The van der Waals surface area contributed by atoms with E-state index in [9.17, 15) is 0 Å². The maximum atomic E-state index is 2.47. The Morgan fingerprint density at radius 2 is 0.379 bits per heavy atom. The van der Waals surface area contributed by atoms with Crippen LogP contribution in [-0.4, -0.2) is 18.3 Å². The van der Waals surface area contributed by atoms with Crippen molar-refractivity contribution in [2.24, 2.45) is 0 Å². The number of para-hydroxylation sites is 4. The molecule has 0 fully saturated rings. The van der Waals surface area contributed by atoms with E-state index in [0.29, 0.717) is 0 Å². The third-order valence-electron chi connectivity index (χ3n) is 24.8. The SMILES string of the molecule is c1ccc2c(-c3ccc(-n4c5ccccc5c5cc(-c6ccc7c(c6)c6ccccc6n7-c6cc7ccccc7c7ccccc67)ccc54)cc3)cccc2c1.c1ccc2c(c1)cc(-c1ccc(-n3c4ccccc4c4cc(-c5ccc6c(c5)c5ccccc5n6-c5cc6ccccc6c6ccccc56)ccc43)cc1)c1ccccc12. The lowest BCUT2D eigenvalue weighted by Crippen LogP contribution is -1.96. The molecule has 0 saturated carbocycles. The van der Waals surface area contributed by atoms with Gasteiger partial charge >= 0.3 is 0 Å². The second-order valence-electron chi connectivity index (χ2n) is 31.0. The molecule has 4 heteroatoms. The highest BCUT2D eigenvalue weighted by molar-refractivity contribution is 6.20. The Balaban J connectivity index is 0.000000134. The van der Waals surface area contributed by atoms with Crippen molar-refractivity contribution in [2.45, 2.75) is 0 Å². The van der Waals surface area contributed by atoms with E-state index in [0.717, 1.165) is 11.4 Å². The smallest absolute Gasteiger partial charge is 0.0546 e. The van der Waals surface area contributed by atoms with Gasteiger partial charge in [0.05, 0.1) is 55.5 Å². The van der Waals surface area contributed by atoms with Crippen LogP contribution >= 0.6 is 0 Å². The standard InChI is InChI=1S/C58H36N2.C54H34N2/c1-3-15-43-40(13-1)35-51(47-19-6-5-17-45(43)47)37-25-29-42(30-26-37)59-54-23-11-9-21-49(54)52-33-38(27-31-56(52)59)39-28-32-57-53(34-39)50-22-10-12-24-55(50)60(57)58-36-41-14-2-4-16-44(41)46-18-7-8-20-48(46)58;1-3-15-41-35(12-1)14-11-21-42(41)36-24-28-40(29-25-36)55-50-22-9-7-19-46(50)48-32-37(26-30-52(48)55)38-27-31-53-49(33-38)47-20-8-10-23-51(47)56(53)54-34-39-13-2-4-16-43(39)44-17-5-6-18-45(44)54/h1-36H;1-34H. The fourth-order valence-electron chi connectivity index (χ4n) is 19.5. The van der Waals surface area contributed by atoms with Gasteiger partial charge in [0.25, 0.3) is 0 Å². The summed E-state index contributed by atoms with van der Waals surface area (Å²) in [7, 11) is 0. The number of hydrogen-bond donors (Lipinski definition) is 0. The molecule has 4 aromatic heterocycles. The number of nitrogens with zero attached hydrogens (tertiary/aromatic N) is 4. The normalized spacial score (nSPS) is 12.0. The summed E-state index contributed by atoms with van der Waals surface area (Å²) in [5.74, 6) is 0. The van der Waals surface area contributed by atoms with E-state index in [1.54, 1.807) is 0 Å². The first-order valence-corrected chi connectivity index (χ1v) is 40.1. The lowest BCUT2D eigenvalue weighted by Gasteiger charge is -2.14. The predicted molar refractivity (Wildman–Crippen MR) is 495 cm³/mol. The van der Waals surface area contributed by atoms with Crippen LogP contribution in [0.15, 0.2) is 425 Å². The van der Waals surface area contributed by atoms with E-state index in [4.69, 9.17) is 0 Å². The minimum Gasteiger partial charge on any atom is -0.309 e. The maximum Gasteiger partial charge on any atom is 0.0546 e. The zero-order valence-electron chi connectivity index (χ0n) is 63.2. The third kappa shape index (κ3) is 10.2. The zero-order chi connectivity index (χ0) is 76.1. The summed E-state index contributed by atoms with van der Waals surface area (Å²) in [5, 5.41) is 27.8. The zero-order valence-corrected chi connectivity index (χ0v) is 63.2. The van der Waals surface area contributed by atoms with Crippen LogP contribution in [-0.2, 0) is 0 Å². The molecule has 0 radical (unpaired) electrons. The van der Waals surface area contributed by atoms with Gasteiger partial charge in [0, 0.05) is 65.2 Å². The van der Waals surface area contributed by atoms with Crippen molar-refractivity contribution < 1.29 is 0 Å². The van der Waals surface area contributed by atoms with Crippen molar-refractivity contribution in [1.29, 1.82) is 0 Å². The highest BCUT2D eigenvalue weighted by Gasteiger charge is 2.23. The van der Waals surface area contributed by atoms with Gasteiger partial charge in [0.1, 0.15) is 0 Å². The highest BCUT2D eigenvalue weighted by atomic mass is 15.0. The van der Waals surface area contributed by atoms with Crippen LogP contribution in [0.4, 0.5) is 0 Å². The van der Waals surface area contributed by atoms with Crippen molar-refractivity contribution in [3.63, 3.8) is 0 Å². The van der Waals surface area contributed by atoms with Gasteiger partial charge in [-0.1, -0.05) is 309 Å². The number of aromatic nitrogens is 4. The van der Waals surface area contributed by atoms with Crippen molar-refractivity contribution in [3.05, 3.63) is 425 Å². The van der Waals surface area contributed by atoms with Crippen LogP contribution in [0.2, 0.25) is 0 Å². The third-order valence-corrected chi connectivity index (χ3v) is 24.8. The second-order valence-corrected chi connectivity index (χ2v) is 31.0. The molecular weight excluding hydrogens is 1400 g/mol. The van der Waals surface area contributed by atoms with Gasteiger partial charge in [-0.3, -0.25) is 0 Å². The van der Waals surface area contributed by atoms with Crippen molar-refractivity contribution in [3.8, 4) is 67.3 Å². The van der Waals surface area contributed by atoms with E-state index >= 15 is 0 Å². The fraction of sp³-hybridized carbons (Fsp3) is 0. The van der Waals surface area contributed by atoms with Crippen LogP contribution in [0.3, 0.4) is 0 Å². The number of fused-ring (bicyclic) bond motifs is 22. The molecule has 0 aliphatic heterocycles. The Labute approximate surface area is 668 Å². The summed E-state index contributed by atoms with van der Waals surface area (Å²) < 4.78 is 9.76. The summed E-state index contributed by atoms with van der Waals surface area (Å²) in [4.78, 5) is 0. The summed E-state index contributed by atoms with van der Waals surface area (Å²) in [6, 6.07) is 156. The molecule has 0 atom stereocenters. The van der Waals surface area contributed by atoms with Crippen molar-refractivity contribution in [1.82, 2.24) is 18.3 Å². The van der Waals surface area contributed by atoms with Crippen LogP contribution in [0, 0.1) is 0 Å². The lowest BCUT2D eigenvalue weighted by molar-refractivity contribution is 1.18. The molecule has 538 valence electrons. The number of rotatable bonds is 8. The first-order chi connectivity index (χ1) is 57.5. The van der Waals surface area contributed by atoms with Crippen LogP contribution in [0.5, 0.6) is 0 Å². The molecule has 25 rings (SSSR count). The Bertz CT molecular complexity index is 8390. The molecule has 0 saturated heterocycles. The average Bonchev–Trinajstić information content (AvgIpc) is 1.55. The van der Waals surface area contributed by atoms with E-state index in [1.165, 1.54) is 219 Å². The van der Waals surface area contributed by atoms with Gasteiger partial charge in [-0.25, -0.2) is 0 Å². The number of benzene rings is 21. The molecule has 4 heterocycles. The molecule has 0 unspecified atom stereocenters. The van der Waals surface area contributed by atoms with Gasteiger partial charge in [0.15, 0.2) is 0 Å². The first kappa shape index (κ1) is 65.4. The largest absolute Gasteiger partial charge is 0.309 e. The molecule has 4 nitrogen and oxygen atoms in total. The fourth-order valence-corrected chi connectivity index (χ4v) is 19.5. The van der Waals surface area contributed by atoms with E-state index < -0.39 is 0 Å². The highest BCUT2D eigenvalue weighted by Crippen LogP contribution is 2.46. The first-order valence-electron chi connectivity index (χ1n) is 40.1. The summed E-state index contributed by atoms with van der Waals surface area (Å²) in [6.07, 6.45) is 0. The van der Waals surface area contributed by atoms with Gasteiger partial charge in [-0.2, -0.15) is 0 Å². The molecule has 0 aliphatic rings. The van der Waals surface area contributed by atoms with Gasteiger partial charge < -0.3 is 18.3 Å².